The Morgan fingerprint density at radius 1 is 0.513 bits per heavy atom. The molecule has 0 aliphatic rings. The molecule has 0 saturated heterocycles. The topological polar surface area (TPSA) is 195 Å². The van der Waals surface area contributed by atoms with Crippen molar-refractivity contribution in [2.24, 2.45) is 0 Å². The number of nitrogen functional groups attached to an aromatic ring is 2. The smallest absolute Gasteiger partial charge is 0.295 e. The average Bonchev–Trinajstić information content (AvgIpc) is 2.86. The van der Waals surface area contributed by atoms with Gasteiger partial charge in [0.2, 0.25) is 9.84 Å². The monoisotopic (exact) mass is 624 g/mol. The van der Waals surface area contributed by atoms with Crippen molar-refractivity contribution in [3.05, 3.63) is 84.9 Å². The van der Waals surface area contributed by atoms with Gasteiger partial charge in [0, 0.05) is 31.0 Å². The largest absolute Gasteiger partial charge is 0.399 e. The molecule has 0 fully saturated rings. The molecular formula is C24H20N2O8S5. The standard InChI is InChI=1S/C24H20N2O8S5/c25-15-1-5-17(6-2-15)35-21-11-9-19(13-23(21)38(29,30)31)37(27,28)20-10-12-22(24(14-20)39(32,33)34)36-18-7-3-16(26)4-8-18/h1-14H,25-26H2,(H,29,30,31)(H,32,33,34). The molecule has 0 aliphatic heterocycles. The van der Waals surface area contributed by atoms with E-state index in [1.165, 1.54) is 12.1 Å². The van der Waals surface area contributed by atoms with Crippen LogP contribution in [0.25, 0.3) is 0 Å². The molecule has 0 spiro atoms. The van der Waals surface area contributed by atoms with E-state index in [2.05, 4.69) is 0 Å². The third-order valence-corrected chi connectivity index (χ3v) is 11.2. The Hall–Kier alpha value is -3.05. The molecule has 10 nitrogen and oxygen atoms in total. The van der Waals surface area contributed by atoms with Crippen molar-refractivity contribution in [1.29, 1.82) is 0 Å². The first-order chi connectivity index (χ1) is 18.1. The fraction of sp³-hybridized carbons (Fsp3) is 0. The van der Waals surface area contributed by atoms with Gasteiger partial charge in [-0.2, -0.15) is 16.8 Å². The summed E-state index contributed by atoms with van der Waals surface area (Å²) in [7, 11) is -14.2. The molecule has 0 atom stereocenters. The highest BCUT2D eigenvalue weighted by Crippen LogP contribution is 2.38. The van der Waals surface area contributed by atoms with Crippen molar-refractivity contribution in [2.75, 3.05) is 11.5 Å². The maximum Gasteiger partial charge on any atom is 0.295 e. The van der Waals surface area contributed by atoms with Crippen LogP contribution < -0.4 is 11.5 Å². The highest BCUT2D eigenvalue weighted by atomic mass is 32.2. The Morgan fingerprint density at radius 2 is 0.846 bits per heavy atom. The van der Waals surface area contributed by atoms with Crippen LogP contribution in [0, 0.1) is 0 Å². The van der Waals surface area contributed by atoms with Crippen molar-refractivity contribution in [3.8, 4) is 0 Å². The zero-order valence-electron chi connectivity index (χ0n) is 19.6. The Labute approximate surface area is 233 Å². The van der Waals surface area contributed by atoms with E-state index in [1.807, 2.05) is 0 Å². The van der Waals surface area contributed by atoms with Gasteiger partial charge < -0.3 is 11.5 Å². The average molecular weight is 625 g/mol. The third kappa shape index (κ3) is 6.75. The summed E-state index contributed by atoms with van der Waals surface area (Å²) in [5, 5.41) is 0. The summed E-state index contributed by atoms with van der Waals surface area (Å²) < 4.78 is 95.0. The van der Waals surface area contributed by atoms with Gasteiger partial charge in [-0.3, -0.25) is 9.11 Å². The van der Waals surface area contributed by atoms with E-state index in [4.69, 9.17) is 11.5 Å². The van der Waals surface area contributed by atoms with Gasteiger partial charge in [0.1, 0.15) is 9.79 Å². The van der Waals surface area contributed by atoms with Crippen LogP contribution in [0.5, 0.6) is 0 Å². The second-order valence-electron chi connectivity index (χ2n) is 8.01. The molecule has 4 rings (SSSR count). The molecule has 0 saturated carbocycles. The minimum Gasteiger partial charge on any atom is -0.399 e. The van der Waals surface area contributed by atoms with Crippen molar-refractivity contribution in [1.82, 2.24) is 0 Å². The van der Waals surface area contributed by atoms with Crippen LogP contribution in [-0.4, -0.2) is 34.4 Å². The molecule has 0 bridgehead atoms. The van der Waals surface area contributed by atoms with Gasteiger partial charge in [-0.1, -0.05) is 23.5 Å². The summed E-state index contributed by atoms with van der Waals surface area (Å²) >= 11 is 1.92. The molecule has 15 heteroatoms. The molecule has 0 radical (unpaired) electrons. The summed E-state index contributed by atoms with van der Waals surface area (Å²) in [6.07, 6.45) is 0. The second kappa shape index (κ2) is 10.8. The van der Waals surface area contributed by atoms with Crippen LogP contribution in [0.15, 0.2) is 124 Å². The van der Waals surface area contributed by atoms with Gasteiger partial charge in [0.25, 0.3) is 20.2 Å². The van der Waals surface area contributed by atoms with Crippen LogP contribution in [0.2, 0.25) is 0 Å². The van der Waals surface area contributed by atoms with E-state index in [1.54, 1.807) is 48.5 Å². The predicted octanol–water partition coefficient (Wildman–Crippen LogP) is 4.48. The first-order valence-electron chi connectivity index (χ1n) is 10.7. The molecule has 0 unspecified atom stereocenters. The van der Waals surface area contributed by atoms with Crippen LogP contribution in [0.3, 0.4) is 0 Å². The summed E-state index contributed by atoms with van der Waals surface area (Å²) in [5.41, 5.74) is 12.3. The highest BCUT2D eigenvalue weighted by molar-refractivity contribution is 8.00. The Balaban J connectivity index is 1.77. The van der Waals surface area contributed by atoms with Crippen molar-refractivity contribution in [2.45, 2.75) is 39.2 Å². The molecule has 39 heavy (non-hydrogen) atoms. The molecule has 4 aromatic carbocycles. The molecular weight excluding hydrogens is 605 g/mol. The molecule has 6 N–H and O–H groups in total. The van der Waals surface area contributed by atoms with Gasteiger partial charge in [0.15, 0.2) is 0 Å². The Bertz CT molecular complexity index is 1740. The van der Waals surface area contributed by atoms with Crippen LogP contribution in [0.4, 0.5) is 11.4 Å². The predicted molar refractivity (Wildman–Crippen MR) is 148 cm³/mol. The summed E-state index contributed by atoms with van der Waals surface area (Å²) in [6, 6.07) is 19.1. The number of hydrogen-bond acceptors (Lipinski definition) is 10. The van der Waals surface area contributed by atoms with E-state index in [0.717, 1.165) is 47.8 Å². The van der Waals surface area contributed by atoms with Gasteiger partial charge >= 0.3 is 0 Å². The quantitative estimate of drug-likeness (QED) is 0.159. The van der Waals surface area contributed by atoms with Crippen molar-refractivity contribution in [3.63, 3.8) is 0 Å². The number of rotatable bonds is 8. The fourth-order valence-electron chi connectivity index (χ4n) is 3.34. The van der Waals surface area contributed by atoms with E-state index in [9.17, 15) is 34.4 Å². The van der Waals surface area contributed by atoms with Gasteiger partial charge in [-0.25, -0.2) is 8.42 Å². The lowest BCUT2D eigenvalue weighted by Gasteiger charge is -2.13. The van der Waals surface area contributed by atoms with E-state index >= 15 is 0 Å². The zero-order valence-corrected chi connectivity index (χ0v) is 23.7. The fourth-order valence-corrected chi connectivity index (χ4v) is 8.53. The maximum atomic E-state index is 13.4. The number of benzene rings is 4. The number of sulfone groups is 1. The van der Waals surface area contributed by atoms with Gasteiger partial charge in [-0.15, -0.1) is 0 Å². The van der Waals surface area contributed by atoms with E-state index < -0.39 is 49.7 Å². The minimum absolute atomic E-state index is 0.0510. The molecule has 0 aromatic heterocycles. The zero-order chi connectivity index (χ0) is 28.6. The summed E-state index contributed by atoms with van der Waals surface area (Å²) in [4.78, 5) is -1.08. The molecule has 0 amide bonds. The van der Waals surface area contributed by atoms with Crippen molar-refractivity contribution < 1.29 is 34.4 Å². The van der Waals surface area contributed by atoms with E-state index in [0.29, 0.717) is 21.2 Å². The number of hydrogen-bond donors (Lipinski definition) is 4. The lowest BCUT2D eigenvalue weighted by molar-refractivity contribution is 0.478. The molecule has 204 valence electrons. The van der Waals surface area contributed by atoms with Gasteiger partial charge in [0.05, 0.1) is 9.79 Å². The van der Waals surface area contributed by atoms with Crippen LogP contribution in [-0.2, 0) is 30.1 Å². The lowest BCUT2D eigenvalue weighted by Crippen LogP contribution is -2.08. The molecule has 4 aromatic rings. The highest BCUT2D eigenvalue weighted by Gasteiger charge is 2.27. The lowest BCUT2D eigenvalue weighted by atomic mass is 10.3. The number of anilines is 2. The number of nitrogens with two attached hydrogens (primary N) is 2. The maximum absolute atomic E-state index is 13.4. The van der Waals surface area contributed by atoms with Gasteiger partial charge in [-0.05, 0) is 84.9 Å². The Morgan fingerprint density at radius 3 is 1.15 bits per heavy atom. The van der Waals surface area contributed by atoms with Crippen molar-refractivity contribution >= 4 is 65.0 Å². The third-order valence-electron chi connectivity index (χ3n) is 5.22. The Kier molecular flexibility index (Phi) is 8.05. The summed E-state index contributed by atoms with van der Waals surface area (Å²) in [5.74, 6) is 0. The molecule has 0 heterocycles. The minimum atomic E-state index is -4.86. The van der Waals surface area contributed by atoms with Crippen LogP contribution >= 0.6 is 23.5 Å². The normalized spacial score (nSPS) is 12.4. The second-order valence-corrected chi connectivity index (χ2v) is 15.0. The first-order valence-corrected chi connectivity index (χ1v) is 16.7. The molecule has 0 aliphatic carbocycles. The first kappa shape index (κ1) is 28.9. The summed E-state index contributed by atoms with van der Waals surface area (Å²) in [6.45, 7) is 0. The van der Waals surface area contributed by atoms with E-state index in [-0.39, 0.29) is 9.79 Å². The SMILES string of the molecule is Nc1ccc(Sc2ccc(S(=O)(=O)c3ccc(Sc4ccc(N)cc4)c(S(=O)(=O)O)c3)cc2S(=O)(=O)O)cc1. The van der Waals surface area contributed by atoms with Crippen LogP contribution in [0.1, 0.15) is 0 Å².